The molecule has 8 heteroatoms. The van der Waals surface area contributed by atoms with E-state index in [0.29, 0.717) is 12.2 Å². The molecule has 7 nitrogen and oxygen atoms in total. The third-order valence-corrected chi connectivity index (χ3v) is 3.85. The Morgan fingerprint density at radius 2 is 2.21 bits per heavy atom. The highest BCUT2D eigenvalue weighted by molar-refractivity contribution is 7.89. The van der Waals surface area contributed by atoms with Crippen LogP contribution in [-0.2, 0) is 23.1 Å². The van der Waals surface area contributed by atoms with Crippen LogP contribution in [0.5, 0.6) is 0 Å². The molecule has 3 N–H and O–H groups in total. The molecular formula is C11H15N5O2S. The van der Waals surface area contributed by atoms with Crippen molar-refractivity contribution >= 4 is 10.0 Å². The Hall–Kier alpha value is -1.77. The van der Waals surface area contributed by atoms with Crippen LogP contribution in [0.3, 0.4) is 0 Å². The number of aromatic nitrogens is 3. The lowest BCUT2D eigenvalue weighted by molar-refractivity contribution is 0.580. The normalized spacial score (nSPS) is 11.6. The third-order valence-electron chi connectivity index (χ3n) is 2.46. The number of hydrogen-bond acceptors (Lipinski definition) is 5. The molecule has 0 saturated carbocycles. The van der Waals surface area contributed by atoms with E-state index in [2.05, 4.69) is 25.2 Å². The van der Waals surface area contributed by atoms with Gasteiger partial charge in [0, 0.05) is 24.6 Å². The molecule has 0 aliphatic carbocycles. The van der Waals surface area contributed by atoms with Crippen LogP contribution in [0.1, 0.15) is 11.4 Å². The van der Waals surface area contributed by atoms with Crippen LogP contribution in [-0.4, -0.2) is 30.6 Å². The number of nitrogens with zero attached hydrogens (tertiary/aromatic N) is 2. The Balaban J connectivity index is 2.05. The Kier molecular flexibility index (Phi) is 4.25. The lowest BCUT2D eigenvalue weighted by Gasteiger charge is -2.03. The molecule has 0 saturated heterocycles. The number of hydrogen-bond donors (Lipinski definition) is 3. The zero-order valence-corrected chi connectivity index (χ0v) is 11.2. The molecular weight excluding hydrogens is 266 g/mol. The van der Waals surface area contributed by atoms with Gasteiger partial charge in [0.15, 0.2) is 0 Å². The second-order valence-electron chi connectivity index (χ2n) is 3.93. The maximum atomic E-state index is 12.0. The minimum absolute atomic E-state index is 0.114. The summed E-state index contributed by atoms with van der Waals surface area (Å²) in [5.41, 5.74) is 1.37. The summed E-state index contributed by atoms with van der Waals surface area (Å²) in [4.78, 5) is 3.11. The summed E-state index contributed by atoms with van der Waals surface area (Å²) in [6.45, 7) is 0.697. The molecule has 19 heavy (non-hydrogen) atoms. The standard InChI is InChI=1S/C11H15N5O2S/c1-12-6-10-5-11(8-13-10)19(17,18)15-7-9-3-2-4-14-16-9/h2-5,8,12-13,15H,6-7H2,1H3. The number of H-pyrrole nitrogens is 1. The monoisotopic (exact) mass is 281 g/mol. The van der Waals surface area contributed by atoms with Crippen LogP contribution in [0.15, 0.2) is 35.5 Å². The van der Waals surface area contributed by atoms with Crippen molar-refractivity contribution < 1.29 is 8.42 Å². The van der Waals surface area contributed by atoms with Crippen molar-refractivity contribution in [1.82, 2.24) is 25.2 Å². The third kappa shape index (κ3) is 3.60. The van der Waals surface area contributed by atoms with Crippen LogP contribution in [0.4, 0.5) is 0 Å². The van der Waals surface area contributed by atoms with E-state index in [0.717, 1.165) is 5.69 Å². The van der Waals surface area contributed by atoms with Gasteiger partial charge in [0.1, 0.15) is 0 Å². The van der Waals surface area contributed by atoms with Crippen LogP contribution < -0.4 is 10.0 Å². The molecule has 0 spiro atoms. The highest BCUT2D eigenvalue weighted by Crippen LogP contribution is 2.10. The van der Waals surface area contributed by atoms with Crippen molar-refractivity contribution in [1.29, 1.82) is 0 Å². The van der Waals surface area contributed by atoms with Gasteiger partial charge in [0.05, 0.1) is 17.1 Å². The average Bonchev–Trinajstić information content (AvgIpc) is 2.88. The van der Waals surface area contributed by atoms with E-state index in [9.17, 15) is 8.42 Å². The quantitative estimate of drug-likeness (QED) is 0.692. The largest absolute Gasteiger partial charge is 0.363 e. The van der Waals surface area contributed by atoms with E-state index in [1.807, 2.05) is 0 Å². The van der Waals surface area contributed by atoms with E-state index in [-0.39, 0.29) is 11.4 Å². The predicted molar refractivity (Wildman–Crippen MR) is 69.6 cm³/mol. The summed E-state index contributed by atoms with van der Waals surface area (Å²) < 4.78 is 26.5. The number of aromatic amines is 1. The first-order chi connectivity index (χ1) is 9.12. The molecule has 0 bridgehead atoms. The van der Waals surface area contributed by atoms with Crippen LogP contribution >= 0.6 is 0 Å². The molecule has 0 amide bonds. The Morgan fingerprint density at radius 1 is 1.37 bits per heavy atom. The Bertz CT molecular complexity index is 624. The summed E-state index contributed by atoms with van der Waals surface area (Å²) in [5.74, 6) is 0. The summed E-state index contributed by atoms with van der Waals surface area (Å²) >= 11 is 0. The van der Waals surface area contributed by atoms with Crippen LogP contribution in [0.2, 0.25) is 0 Å². The van der Waals surface area contributed by atoms with Crippen molar-refractivity contribution in [2.45, 2.75) is 18.0 Å². The average molecular weight is 281 g/mol. The molecule has 0 aromatic carbocycles. The maximum absolute atomic E-state index is 12.0. The van der Waals surface area contributed by atoms with E-state index in [1.165, 1.54) is 12.4 Å². The van der Waals surface area contributed by atoms with Crippen LogP contribution in [0.25, 0.3) is 0 Å². The number of nitrogens with one attached hydrogen (secondary N) is 3. The minimum atomic E-state index is -3.53. The fourth-order valence-corrected chi connectivity index (χ4v) is 2.56. The second-order valence-corrected chi connectivity index (χ2v) is 5.70. The van der Waals surface area contributed by atoms with Crippen molar-refractivity contribution in [3.8, 4) is 0 Å². The molecule has 0 radical (unpaired) electrons. The van der Waals surface area contributed by atoms with E-state index in [1.54, 1.807) is 25.2 Å². The molecule has 102 valence electrons. The Morgan fingerprint density at radius 3 is 2.89 bits per heavy atom. The number of rotatable bonds is 6. The van der Waals surface area contributed by atoms with Crippen molar-refractivity contribution in [3.63, 3.8) is 0 Å². The molecule has 0 aliphatic heterocycles. The first kappa shape index (κ1) is 13.7. The van der Waals surface area contributed by atoms with E-state index < -0.39 is 10.0 Å². The molecule has 2 heterocycles. The summed E-state index contributed by atoms with van der Waals surface area (Å²) in [7, 11) is -1.74. The summed E-state index contributed by atoms with van der Waals surface area (Å²) in [6.07, 6.45) is 3.00. The van der Waals surface area contributed by atoms with Gasteiger partial charge in [-0.05, 0) is 25.2 Å². The Labute approximate surface area is 111 Å². The van der Waals surface area contributed by atoms with Gasteiger partial charge < -0.3 is 10.3 Å². The lowest BCUT2D eigenvalue weighted by Crippen LogP contribution is -2.23. The van der Waals surface area contributed by atoms with Gasteiger partial charge in [-0.3, -0.25) is 0 Å². The highest BCUT2D eigenvalue weighted by Gasteiger charge is 2.15. The smallest absolute Gasteiger partial charge is 0.242 e. The van der Waals surface area contributed by atoms with Gasteiger partial charge >= 0.3 is 0 Å². The molecule has 2 aromatic rings. The van der Waals surface area contributed by atoms with Crippen molar-refractivity contribution in [3.05, 3.63) is 42.0 Å². The zero-order valence-electron chi connectivity index (χ0n) is 10.4. The first-order valence-corrected chi connectivity index (χ1v) is 7.18. The second kappa shape index (κ2) is 5.91. The molecule has 0 fully saturated rings. The van der Waals surface area contributed by atoms with Crippen molar-refractivity contribution in [2.75, 3.05) is 7.05 Å². The molecule has 0 atom stereocenters. The van der Waals surface area contributed by atoms with E-state index >= 15 is 0 Å². The van der Waals surface area contributed by atoms with Gasteiger partial charge in [-0.1, -0.05) is 0 Å². The lowest BCUT2D eigenvalue weighted by atomic mass is 10.4. The van der Waals surface area contributed by atoms with Gasteiger partial charge in [0.2, 0.25) is 10.0 Å². The fourth-order valence-electron chi connectivity index (χ4n) is 1.55. The first-order valence-electron chi connectivity index (χ1n) is 5.70. The number of sulfonamides is 1. The van der Waals surface area contributed by atoms with Crippen molar-refractivity contribution in [2.24, 2.45) is 0 Å². The van der Waals surface area contributed by atoms with Gasteiger partial charge in [-0.15, -0.1) is 0 Å². The van der Waals surface area contributed by atoms with Gasteiger partial charge in [-0.25, -0.2) is 13.1 Å². The summed E-state index contributed by atoms with van der Waals surface area (Å²) in [5, 5.41) is 10.4. The SMILES string of the molecule is CNCc1cc(S(=O)(=O)NCc2cccnn2)c[nH]1. The fraction of sp³-hybridized carbons (Fsp3) is 0.273. The predicted octanol–water partition coefficient (Wildman–Crippen LogP) is 0.00260. The topological polar surface area (TPSA) is 99.8 Å². The highest BCUT2D eigenvalue weighted by atomic mass is 32.2. The molecule has 2 aromatic heterocycles. The molecule has 0 aliphatic rings. The molecule has 2 rings (SSSR count). The molecule has 0 unspecified atom stereocenters. The van der Waals surface area contributed by atoms with E-state index in [4.69, 9.17) is 0 Å². The minimum Gasteiger partial charge on any atom is -0.363 e. The van der Waals surface area contributed by atoms with Crippen LogP contribution in [0, 0.1) is 0 Å². The van der Waals surface area contributed by atoms with Gasteiger partial charge in [-0.2, -0.15) is 10.2 Å². The summed E-state index contributed by atoms with van der Waals surface area (Å²) in [6, 6.07) is 5.01. The zero-order chi connectivity index (χ0) is 13.7. The van der Waals surface area contributed by atoms with Gasteiger partial charge in [0.25, 0.3) is 0 Å². The maximum Gasteiger partial charge on any atom is 0.242 e.